The highest BCUT2D eigenvalue weighted by molar-refractivity contribution is 6.07. The summed E-state index contributed by atoms with van der Waals surface area (Å²) in [4.78, 5) is 14.7. The van der Waals surface area contributed by atoms with E-state index >= 15 is 0 Å². The molecule has 3 aromatic rings. The Kier molecular flexibility index (Phi) is 4.77. The number of hydrogen-bond donors (Lipinski definition) is 1. The minimum atomic E-state index is -0.684. The average Bonchev–Trinajstić information content (AvgIpc) is 3.05. The van der Waals surface area contributed by atoms with Gasteiger partial charge in [0, 0.05) is 18.2 Å². The molecule has 0 spiro atoms. The van der Waals surface area contributed by atoms with E-state index in [1.165, 1.54) is 21.7 Å². The number of halogens is 2. The first-order valence-electron chi connectivity index (χ1n) is 9.34. The van der Waals surface area contributed by atoms with Crippen molar-refractivity contribution >= 4 is 11.6 Å². The molecule has 0 aliphatic carbocycles. The van der Waals surface area contributed by atoms with Gasteiger partial charge < -0.3 is 10.0 Å². The van der Waals surface area contributed by atoms with Crippen molar-refractivity contribution in [3.63, 3.8) is 0 Å². The molecular formula is C21H20F2N4O2. The highest BCUT2D eigenvalue weighted by atomic mass is 19.1. The number of phenols is 1. The predicted octanol–water partition coefficient (Wildman–Crippen LogP) is 3.77. The molecule has 1 atom stereocenters. The van der Waals surface area contributed by atoms with Gasteiger partial charge in [0.15, 0.2) is 5.69 Å². The van der Waals surface area contributed by atoms with Crippen molar-refractivity contribution in [2.75, 3.05) is 11.4 Å². The van der Waals surface area contributed by atoms with E-state index in [1.54, 1.807) is 19.1 Å². The Bertz CT molecular complexity index is 1100. The van der Waals surface area contributed by atoms with Crippen molar-refractivity contribution in [1.29, 1.82) is 0 Å². The van der Waals surface area contributed by atoms with E-state index in [1.807, 2.05) is 6.07 Å². The number of anilines is 1. The average molecular weight is 398 g/mol. The zero-order valence-corrected chi connectivity index (χ0v) is 16.1. The molecule has 1 aliphatic rings. The summed E-state index contributed by atoms with van der Waals surface area (Å²) in [6.45, 7) is 4.20. The summed E-state index contributed by atoms with van der Waals surface area (Å²) in [6.07, 6.45) is 0.760. The number of hydrogen-bond acceptors (Lipinski definition) is 4. The fourth-order valence-corrected chi connectivity index (χ4v) is 3.68. The van der Waals surface area contributed by atoms with Crippen LogP contribution in [0, 0.1) is 18.6 Å². The third-order valence-electron chi connectivity index (χ3n) is 5.40. The molecular weight excluding hydrogens is 378 g/mol. The predicted molar refractivity (Wildman–Crippen MR) is 103 cm³/mol. The van der Waals surface area contributed by atoms with E-state index in [0.29, 0.717) is 17.9 Å². The van der Waals surface area contributed by atoms with Gasteiger partial charge in [-0.2, -0.15) is 0 Å². The van der Waals surface area contributed by atoms with Crippen molar-refractivity contribution in [2.24, 2.45) is 0 Å². The summed E-state index contributed by atoms with van der Waals surface area (Å²) in [5.41, 5.74) is 2.25. The van der Waals surface area contributed by atoms with Crippen LogP contribution in [0.5, 0.6) is 5.75 Å². The van der Waals surface area contributed by atoms with Gasteiger partial charge in [-0.3, -0.25) is 4.79 Å². The quantitative estimate of drug-likeness (QED) is 0.729. The Hall–Kier alpha value is -3.29. The third kappa shape index (κ3) is 3.35. The van der Waals surface area contributed by atoms with Gasteiger partial charge in [0.05, 0.1) is 17.9 Å². The lowest BCUT2D eigenvalue weighted by Crippen LogP contribution is -2.37. The van der Waals surface area contributed by atoms with Gasteiger partial charge in [-0.25, -0.2) is 13.5 Å². The fourth-order valence-electron chi connectivity index (χ4n) is 3.68. The summed E-state index contributed by atoms with van der Waals surface area (Å²) in [5.74, 6) is -1.45. The second-order valence-corrected chi connectivity index (χ2v) is 7.28. The number of rotatable bonds is 3. The Morgan fingerprint density at radius 1 is 1.28 bits per heavy atom. The zero-order valence-electron chi connectivity index (χ0n) is 16.1. The number of aromatic nitrogens is 3. The summed E-state index contributed by atoms with van der Waals surface area (Å²) < 4.78 is 28.5. The third-order valence-corrected chi connectivity index (χ3v) is 5.40. The van der Waals surface area contributed by atoms with E-state index in [-0.39, 0.29) is 35.4 Å². The van der Waals surface area contributed by atoms with Crippen LogP contribution < -0.4 is 4.90 Å². The largest absolute Gasteiger partial charge is 0.506 e. The molecule has 0 radical (unpaired) electrons. The molecule has 1 N–H and O–H groups in total. The first-order valence-corrected chi connectivity index (χ1v) is 9.34. The van der Waals surface area contributed by atoms with E-state index in [9.17, 15) is 18.7 Å². The van der Waals surface area contributed by atoms with E-state index in [2.05, 4.69) is 17.2 Å². The second kappa shape index (κ2) is 7.27. The highest BCUT2D eigenvalue weighted by Gasteiger charge is 2.32. The van der Waals surface area contributed by atoms with Crippen LogP contribution >= 0.6 is 0 Å². The number of carbonyl (C=O) groups excluding carboxylic acids is 1. The lowest BCUT2D eigenvalue weighted by molar-refractivity contribution is 0.0978. The monoisotopic (exact) mass is 398 g/mol. The van der Waals surface area contributed by atoms with Crippen molar-refractivity contribution in [3.05, 3.63) is 70.5 Å². The summed E-state index contributed by atoms with van der Waals surface area (Å²) in [6, 6.07) is 8.54. The van der Waals surface area contributed by atoms with Crippen LogP contribution in [0.4, 0.5) is 14.5 Å². The molecule has 0 saturated heterocycles. The van der Waals surface area contributed by atoms with Gasteiger partial charge in [0.25, 0.3) is 5.91 Å². The lowest BCUT2D eigenvalue weighted by atomic mass is 9.91. The molecule has 0 saturated carbocycles. The summed E-state index contributed by atoms with van der Waals surface area (Å²) in [5, 5.41) is 18.3. The fraction of sp³-hybridized carbons (Fsp3) is 0.286. The van der Waals surface area contributed by atoms with Gasteiger partial charge in [-0.05, 0) is 37.0 Å². The first kappa shape index (κ1) is 19.0. The Labute approximate surface area is 166 Å². The van der Waals surface area contributed by atoms with Gasteiger partial charge in [-0.15, -0.1) is 5.10 Å². The molecule has 1 aromatic heterocycles. The van der Waals surface area contributed by atoms with Gasteiger partial charge in [-0.1, -0.05) is 30.3 Å². The molecule has 2 aromatic carbocycles. The topological polar surface area (TPSA) is 71.2 Å². The van der Waals surface area contributed by atoms with Crippen LogP contribution in [-0.2, 0) is 6.54 Å². The molecule has 1 aliphatic heterocycles. The van der Waals surface area contributed by atoms with Crippen molar-refractivity contribution in [3.8, 4) is 5.75 Å². The molecule has 4 rings (SSSR count). The maximum Gasteiger partial charge on any atom is 0.280 e. The van der Waals surface area contributed by atoms with Crippen LogP contribution in [0.25, 0.3) is 0 Å². The number of fused-ring (bicyclic) bond motifs is 1. The number of nitrogens with zero attached hydrogens (tertiary/aromatic N) is 4. The number of para-hydroxylation sites is 1. The van der Waals surface area contributed by atoms with Crippen LogP contribution in [0.15, 0.2) is 36.4 Å². The smallest absolute Gasteiger partial charge is 0.280 e. The highest BCUT2D eigenvalue weighted by Crippen LogP contribution is 2.41. The molecule has 2 heterocycles. The minimum Gasteiger partial charge on any atom is -0.506 e. The van der Waals surface area contributed by atoms with Crippen LogP contribution in [0.1, 0.15) is 46.6 Å². The molecule has 6 nitrogen and oxygen atoms in total. The second-order valence-electron chi connectivity index (χ2n) is 7.28. The normalized spacial score (nSPS) is 16.0. The van der Waals surface area contributed by atoms with Crippen molar-refractivity contribution in [2.45, 2.75) is 32.7 Å². The van der Waals surface area contributed by atoms with E-state index in [4.69, 9.17) is 0 Å². The van der Waals surface area contributed by atoms with Gasteiger partial charge >= 0.3 is 0 Å². The lowest BCUT2D eigenvalue weighted by Gasteiger charge is -2.33. The van der Waals surface area contributed by atoms with Gasteiger partial charge in [0.1, 0.15) is 17.4 Å². The van der Waals surface area contributed by atoms with Crippen LogP contribution in [-0.4, -0.2) is 32.6 Å². The molecule has 8 heteroatoms. The molecule has 0 bridgehead atoms. The van der Waals surface area contributed by atoms with E-state index in [0.717, 1.165) is 18.1 Å². The zero-order chi connectivity index (χ0) is 20.7. The first-order chi connectivity index (χ1) is 13.9. The SMILES string of the molecule is Cc1c(C(=O)N2CCC(C)c3cccc(O)c32)nnn1Cc1ccc(F)cc1F. The minimum absolute atomic E-state index is 0.0249. The van der Waals surface area contributed by atoms with Crippen LogP contribution in [0.3, 0.4) is 0 Å². The summed E-state index contributed by atoms with van der Waals surface area (Å²) in [7, 11) is 0. The molecule has 150 valence electrons. The van der Waals surface area contributed by atoms with Crippen LogP contribution in [0.2, 0.25) is 0 Å². The number of amides is 1. The van der Waals surface area contributed by atoms with Gasteiger partial charge in [0.2, 0.25) is 0 Å². The molecule has 0 fully saturated rings. The molecule has 29 heavy (non-hydrogen) atoms. The number of carbonyl (C=O) groups is 1. The van der Waals surface area contributed by atoms with E-state index < -0.39 is 11.6 Å². The Morgan fingerprint density at radius 2 is 2.07 bits per heavy atom. The van der Waals surface area contributed by atoms with Crippen molar-refractivity contribution < 1.29 is 18.7 Å². The summed E-state index contributed by atoms with van der Waals surface area (Å²) >= 11 is 0. The number of aromatic hydroxyl groups is 1. The maximum absolute atomic E-state index is 14.0. The Balaban J connectivity index is 1.65. The number of phenolic OH excluding ortho intramolecular Hbond substituents is 1. The molecule has 1 unspecified atom stereocenters. The Morgan fingerprint density at radius 3 is 2.83 bits per heavy atom. The standard InChI is InChI=1S/C21H20F2N4O2/c1-12-8-9-26(20-16(12)4-3-5-18(20)28)21(29)19-13(2)27(25-24-19)11-14-6-7-15(22)10-17(14)23/h3-7,10,12,28H,8-9,11H2,1-2H3. The molecule has 1 amide bonds. The maximum atomic E-state index is 14.0. The number of benzene rings is 2. The van der Waals surface area contributed by atoms with Crippen molar-refractivity contribution in [1.82, 2.24) is 15.0 Å².